The van der Waals surface area contributed by atoms with Gasteiger partial charge in [0, 0.05) is 5.56 Å². The van der Waals surface area contributed by atoms with Crippen molar-refractivity contribution >= 4 is 11.6 Å². The van der Waals surface area contributed by atoms with E-state index in [1.54, 1.807) is 0 Å². The van der Waals surface area contributed by atoms with Gasteiger partial charge in [-0.25, -0.2) is 8.78 Å². The number of halogens is 3. The summed E-state index contributed by atoms with van der Waals surface area (Å²) in [6, 6.07) is 9.13. The third kappa shape index (κ3) is 2.54. The molecule has 0 N–H and O–H groups in total. The van der Waals surface area contributed by atoms with E-state index in [1.807, 2.05) is 32.0 Å². The van der Waals surface area contributed by atoms with E-state index in [0.29, 0.717) is 0 Å². The molecule has 18 heavy (non-hydrogen) atoms. The summed E-state index contributed by atoms with van der Waals surface area (Å²) >= 11 is 6.28. The molecule has 0 fully saturated rings. The van der Waals surface area contributed by atoms with Crippen LogP contribution in [0.25, 0.3) is 0 Å². The van der Waals surface area contributed by atoms with Crippen LogP contribution in [0, 0.1) is 25.5 Å². The van der Waals surface area contributed by atoms with Crippen molar-refractivity contribution in [3.05, 3.63) is 70.3 Å². The van der Waals surface area contributed by atoms with Gasteiger partial charge in [-0.15, -0.1) is 11.6 Å². The summed E-state index contributed by atoms with van der Waals surface area (Å²) in [7, 11) is 0. The Kier molecular flexibility index (Phi) is 3.67. The van der Waals surface area contributed by atoms with Crippen LogP contribution in [0.3, 0.4) is 0 Å². The zero-order valence-corrected chi connectivity index (χ0v) is 10.9. The Bertz CT molecular complexity index is 527. The average molecular weight is 267 g/mol. The highest BCUT2D eigenvalue weighted by Gasteiger charge is 2.18. The molecule has 0 radical (unpaired) electrons. The lowest BCUT2D eigenvalue weighted by molar-refractivity contribution is 0.587. The number of rotatable bonds is 2. The van der Waals surface area contributed by atoms with Gasteiger partial charge in [0.1, 0.15) is 11.6 Å². The van der Waals surface area contributed by atoms with Crippen LogP contribution >= 0.6 is 11.6 Å². The van der Waals surface area contributed by atoms with Gasteiger partial charge in [0.25, 0.3) is 0 Å². The zero-order chi connectivity index (χ0) is 13.3. The summed E-state index contributed by atoms with van der Waals surface area (Å²) in [5.41, 5.74) is 2.98. The Morgan fingerprint density at radius 1 is 0.944 bits per heavy atom. The topological polar surface area (TPSA) is 0 Å². The van der Waals surface area contributed by atoms with E-state index in [2.05, 4.69) is 0 Å². The van der Waals surface area contributed by atoms with Crippen molar-refractivity contribution in [2.24, 2.45) is 0 Å². The van der Waals surface area contributed by atoms with Crippen LogP contribution in [0.2, 0.25) is 0 Å². The SMILES string of the molecule is Cc1ccc(C)c(C(Cl)c2cc(F)ccc2F)c1. The summed E-state index contributed by atoms with van der Waals surface area (Å²) in [5.74, 6) is -0.973. The van der Waals surface area contributed by atoms with E-state index in [1.165, 1.54) is 0 Å². The quantitative estimate of drug-likeness (QED) is 0.678. The van der Waals surface area contributed by atoms with E-state index in [0.717, 1.165) is 34.9 Å². The summed E-state index contributed by atoms with van der Waals surface area (Å²) < 4.78 is 26.9. The fourth-order valence-electron chi connectivity index (χ4n) is 1.91. The molecule has 0 aromatic heterocycles. The summed E-state index contributed by atoms with van der Waals surface area (Å²) in [4.78, 5) is 0. The maximum atomic E-state index is 13.7. The van der Waals surface area contributed by atoms with Crippen LogP contribution in [0.1, 0.15) is 27.6 Å². The van der Waals surface area contributed by atoms with Crippen LogP contribution in [0.5, 0.6) is 0 Å². The average Bonchev–Trinajstić information content (AvgIpc) is 2.34. The first-order valence-electron chi connectivity index (χ1n) is 5.65. The third-order valence-electron chi connectivity index (χ3n) is 2.94. The molecular formula is C15H13ClF2. The predicted molar refractivity (Wildman–Crippen MR) is 70.0 cm³/mol. The van der Waals surface area contributed by atoms with Crippen LogP contribution < -0.4 is 0 Å². The number of hydrogen-bond donors (Lipinski definition) is 0. The second-order valence-electron chi connectivity index (χ2n) is 4.39. The highest BCUT2D eigenvalue weighted by atomic mass is 35.5. The molecular weight excluding hydrogens is 254 g/mol. The molecule has 0 aliphatic rings. The third-order valence-corrected chi connectivity index (χ3v) is 3.41. The van der Waals surface area contributed by atoms with E-state index in [9.17, 15) is 8.78 Å². The standard InChI is InChI=1S/C15H13ClF2/c1-9-3-4-10(2)12(7-9)15(16)13-8-11(17)5-6-14(13)18/h3-8,15H,1-2H3. The first-order chi connectivity index (χ1) is 8.49. The molecule has 0 spiro atoms. The minimum absolute atomic E-state index is 0.172. The smallest absolute Gasteiger partial charge is 0.128 e. The Balaban J connectivity index is 2.50. The molecule has 0 amide bonds. The van der Waals surface area contributed by atoms with Crippen molar-refractivity contribution in [1.82, 2.24) is 0 Å². The molecule has 0 heterocycles. The second-order valence-corrected chi connectivity index (χ2v) is 4.82. The fourth-order valence-corrected chi connectivity index (χ4v) is 2.31. The highest BCUT2D eigenvalue weighted by Crippen LogP contribution is 2.33. The highest BCUT2D eigenvalue weighted by molar-refractivity contribution is 6.22. The van der Waals surface area contributed by atoms with Gasteiger partial charge in [0.05, 0.1) is 5.38 Å². The van der Waals surface area contributed by atoms with Gasteiger partial charge in [-0.2, -0.15) is 0 Å². The molecule has 2 aromatic carbocycles. The maximum absolute atomic E-state index is 13.7. The molecule has 0 bridgehead atoms. The monoisotopic (exact) mass is 266 g/mol. The lowest BCUT2D eigenvalue weighted by atomic mass is 9.98. The van der Waals surface area contributed by atoms with Crippen molar-refractivity contribution in [1.29, 1.82) is 0 Å². The lowest BCUT2D eigenvalue weighted by Gasteiger charge is -2.15. The van der Waals surface area contributed by atoms with Crippen LogP contribution in [0.4, 0.5) is 8.78 Å². The number of alkyl halides is 1. The molecule has 0 nitrogen and oxygen atoms in total. The molecule has 3 heteroatoms. The van der Waals surface area contributed by atoms with Crippen LogP contribution in [-0.2, 0) is 0 Å². The van der Waals surface area contributed by atoms with Gasteiger partial charge >= 0.3 is 0 Å². The molecule has 2 rings (SSSR count). The largest absolute Gasteiger partial charge is 0.207 e. The van der Waals surface area contributed by atoms with Crippen molar-refractivity contribution in [2.75, 3.05) is 0 Å². The van der Waals surface area contributed by atoms with Gasteiger partial charge in [0.2, 0.25) is 0 Å². The normalized spacial score (nSPS) is 12.5. The van der Waals surface area contributed by atoms with Gasteiger partial charge in [0.15, 0.2) is 0 Å². The summed E-state index contributed by atoms with van der Waals surface area (Å²) in [5, 5.41) is -0.680. The molecule has 94 valence electrons. The molecule has 2 aromatic rings. The Morgan fingerprint density at radius 3 is 2.39 bits per heavy atom. The second kappa shape index (κ2) is 5.07. The first kappa shape index (κ1) is 13.0. The number of aryl methyl sites for hydroxylation is 2. The predicted octanol–water partition coefficient (Wildman–Crippen LogP) is 4.91. The zero-order valence-electron chi connectivity index (χ0n) is 10.2. The maximum Gasteiger partial charge on any atom is 0.128 e. The van der Waals surface area contributed by atoms with E-state index in [4.69, 9.17) is 11.6 Å². The number of hydrogen-bond acceptors (Lipinski definition) is 0. The molecule has 0 saturated carbocycles. The Labute approximate surface area is 110 Å². The van der Waals surface area contributed by atoms with Gasteiger partial charge in [-0.3, -0.25) is 0 Å². The van der Waals surface area contributed by atoms with Crippen molar-refractivity contribution in [2.45, 2.75) is 19.2 Å². The summed E-state index contributed by atoms with van der Waals surface area (Å²) in [6.45, 7) is 3.84. The molecule has 0 aliphatic heterocycles. The van der Waals surface area contributed by atoms with Gasteiger partial charge in [-0.1, -0.05) is 23.8 Å². The molecule has 0 saturated heterocycles. The van der Waals surface area contributed by atoms with E-state index >= 15 is 0 Å². The number of benzene rings is 2. The van der Waals surface area contributed by atoms with Crippen molar-refractivity contribution < 1.29 is 8.78 Å². The van der Waals surface area contributed by atoms with Crippen molar-refractivity contribution in [3.8, 4) is 0 Å². The van der Waals surface area contributed by atoms with Crippen LogP contribution in [0.15, 0.2) is 36.4 Å². The van der Waals surface area contributed by atoms with Gasteiger partial charge in [-0.05, 0) is 43.2 Å². The molecule has 1 unspecified atom stereocenters. The molecule has 1 atom stereocenters. The first-order valence-corrected chi connectivity index (χ1v) is 6.09. The fraction of sp³-hybridized carbons (Fsp3) is 0.200. The van der Waals surface area contributed by atoms with Gasteiger partial charge < -0.3 is 0 Å². The van der Waals surface area contributed by atoms with Crippen molar-refractivity contribution in [3.63, 3.8) is 0 Å². The minimum Gasteiger partial charge on any atom is -0.207 e. The Hall–Kier alpha value is -1.41. The molecule has 0 aliphatic carbocycles. The van der Waals surface area contributed by atoms with E-state index in [-0.39, 0.29) is 5.56 Å². The van der Waals surface area contributed by atoms with Crippen LogP contribution in [-0.4, -0.2) is 0 Å². The Morgan fingerprint density at radius 2 is 1.67 bits per heavy atom. The van der Waals surface area contributed by atoms with E-state index < -0.39 is 17.0 Å². The lowest BCUT2D eigenvalue weighted by Crippen LogP contribution is -2.00. The minimum atomic E-state index is -0.680. The summed E-state index contributed by atoms with van der Waals surface area (Å²) in [6.07, 6.45) is 0.